The maximum absolute atomic E-state index is 11.2. The van der Waals surface area contributed by atoms with Gasteiger partial charge in [-0.15, -0.1) is 0 Å². The Balaban J connectivity index is 2.28. The number of carbonyl (C=O) groups is 1. The van der Waals surface area contributed by atoms with E-state index in [0.29, 0.717) is 23.5 Å². The second-order valence-electron chi connectivity index (χ2n) is 5.39. The summed E-state index contributed by atoms with van der Waals surface area (Å²) >= 11 is 0. The Bertz CT molecular complexity index is 488. The molecule has 1 saturated heterocycles. The van der Waals surface area contributed by atoms with E-state index in [1.807, 2.05) is 0 Å². The quantitative estimate of drug-likeness (QED) is 0.810. The summed E-state index contributed by atoms with van der Waals surface area (Å²) in [5.74, 6) is 0.651. The summed E-state index contributed by atoms with van der Waals surface area (Å²) in [6.07, 6.45) is 0. The van der Waals surface area contributed by atoms with Gasteiger partial charge in [0.25, 0.3) is 5.91 Å². The number of hydrogen-bond acceptors (Lipinski definition) is 5. The minimum absolute atomic E-state index is 0.255. The molecular formula is C13H21N5O. The zero-order valence-corrected chi connectivity index (χ0v) is 11.6. The molecule has 6 heteroatoms. The van der Waals surface area contributed by atoms with Crippen molar-refractivity contribution in [3.05, 3.63) is 17.8 Å². The molecule has 1 aliphatic heterocycles. The monoisotopic (exact) mass is 263 g/mol. The van der Waals surface area contributed by atoms with E-state index in [1.54, 1.807) is 12.1 Å². The van der Waals surface area contributed by atoms with Crippen molar-refractivity contribution in [2.45, 2.75) is 13.0 Å². The van der Waals surface area contributed by atoms with Crippen LogP contribution in [0.4, 0.5) is 11.5 Å². The van der Waals surface area contributed by atoms with E-state index in [0.717, 1.165) is 13.1 Å². The first-order valence-electron chi connectivity index (χ1n) is 6.38. The van der Waals surface area contributed by atoms with E-state index in [1.165, 1.54) is 0 Å². The summed E-state index contributed by atoms with van der Waals surface area (Å²) in [7, 11) is 4.14. The second kappa shape index (κ2) is 5.05. The van der Waals surface area contributed by atoms with Crippen LogP contribution in [0.5, 0.6) is 0 Å². The Hall–Kier alpha value is -1.82. The van der Waals surface area contributed by atoms with Crippen molar-refractivity contribution in [1.29, 1.82) is 0 Å². The van der Waals surface area contributed by atoms with Crippen LogP contribution in [-0.2, 0) is 0 Å². The van der Waals surface area contributed by atoms with E-state index < -0.39 is 5.91 Å². The molecule has 19 heavy (non-hydrogen) atoms. The standard InChI is InChI=1S/C13H21N5O/c1-8-6-18(7-11(8)17(2)3)13-9(14)4-5-10(16-13)12(15)19/h4-5,8,11H,6-7,14H2,1-3H3,(H2,15,19). The minimum Gasteiger partial charge on any atom is -0.396 e. The SMILES string of the molecule is CC1CN(c2nc(C(N)=O)ccc2N)CC1N(C)C. The van der Waals surface area contributed by atoms with Gasteiger partial charge in [0.1, 0.15) is 5.69 Å². The van der Waals surface area contributed by atoms with Gasteiger partial charge in [-0.2, -0.15) is 0 Å². The fraction of sp³-hybridized carbons (Fsp3) is 0.538. The highest BCUT2D eigenvalue weighted by atomic mass is 16.1. The highest BCUT2D eigenvalue weighted by molar-refractivity contribution is 5.91. The summed E-state index contributed by atoms with van der Waals surface area (Å²) in [6, 6.07) is 3.71. The smallest absolute Gasteiger partial charge is 0.267 e. The molecule has 2 atom stereocenters. The number of nitrogen functional groups attached to an aromatic ring is 1. The number of nitrogens with zero attached hydrogens (tertiary/aromatic N) is 3. The predicted octanol–water partition coefficient (Wildman–Crippen LogP) is 0.149. The van der Waals surface area contributed by atoms with Crippen molar-refractivity contribution in [2.75, 3.05) is 37.8 Å². The molecule has 1 aromatic rings. The second-order valence-corrected chi connectivity index (χ2v) is 5.39. The summed E-state index contributed by atoms with van der Waals surface area (Å²) in [6.45, 7) is 3.94. The molecule has 2 heterocycles. The number of aromatic nitrogens is 1. The average molecular weight is 263 g/mol. The van der Waals surface area contributed by atoms with E-state index in [-0.39, 0.29) is 5.69 Å². The Labute approximate surface area is 113 Å². The number of amides is 1. The molecule has 6 nitrogen and oxygen atoms in total. The predicted molar refractivity (Wildman–Crippen MR) is 76.0 cm³/mol. The van der Waals surface area contributed by atoms with Crippen LogP contribution in [0.1, 0.15) is 17.4 Å². The number of nitrogens with two attached hydrogens (primary N) is 2. The molecule has 104 valence electrons. The summed E-state index contributed by atoms with van der Waals surface area (Å²) in [5, 5.41) is 0. The highest BCUT2D eigenvalue weighted by Crippen LogP contribution is 2.28. The van der Waals surface area contributed by atoms with Gasteiger partial charge in [0.05, 0.1) is 5.69 Å². The number of rotatable bonds is 3. The van der Waals surface area contributed by atoms with Crippen LogP contribution < -0.4 is 16.4 Å². The third-order valence-corrected chi connectivity index (χ3v) is 3.69. The molecule has 0 saturated carbocycles. The molecule has 0 bridgehead atoms. The normalized spacial score (nSPS) is 23.1. The van der Waals surface area contributed by atoms with Crippen LogP contribution >= 0.6 is 0 Å². The lowest BCUT2D eigenvalue weighted by molar-refractivity contribution is 0.0995. The number of carbonyl (C=O) groups excluding carboxylic acids is 1. The van der Waals surface area contributed by atoms with Crippen LogP contribution in [0.3, 0.4) is 0 Å². The Morgan fingerprint density at radius 2 is 2.11 bits per heavy atom. The summed E-state index contributed by atoms with van der Waals surface area (Å²) in [5.41, 5.74) is 12.1. The lowest BCUT2D eigenvalue weighted by atomic mass is 10.1. The lowest BCUT2D eigenvalue weighted by Gasteiger charge is -2.23. The van der Waals surface area contributed by atoms with E-state index in [2.05, 4.69) is 35.8 Å². The number of anilines is 2. The van der Waals surface area contributed by atoms with Crippen LogP contribution in [0.15, 0.2) is 12.1 Å². The van der Waals surface area contributed by atoms with Gasteiger partial charge in [-0.3, -0.25) is 4.79 Å². The molecule has 4 N–H and O–H groups in total. The van der Waals surface area contributed by atoms with Crippen molar-refractivity contribution in [1.82, 2.24) is 9.88 Å². The topological polar surface area (TPSA) is 88.5 Å². The molecule has 1 aliphatic rings. The number of hydrogen-bond donors (Lipinski definition) is 2. The fourth-order valence-electron chi connectivity index (χ4n) is 2.64. The van der Waals surface area contributed by atoms with E-state index >= 15 is 0 Å². The van der Waals surface area contributed by atoms with Gasteiger partial charge >= 0.3 is 0 Å². The molecular weight excluding hydrogens is 242 g/mol. The maximum Gasteiger partial charge on any atom is 0.267 e. The molecule has 0 aliphatic carbocycles. The first-order valence-corrected chi connectivity index (χ1v) is 6.38. The van der Waals surface area contributed by atoms with E-state index in [9.17, 15) is 4.79 Å². The molecule has 0 radical (unpaired) electrons. The molecule has 2 unspecified atom stereocenters. The van der Waals surface area contributed by atoms with Gasteiger partial charge in [0.15, 0.2) is 5.82 Å². The molecule has 1 aromatic heterocycles. The molecule has 1 amide bonds. The Kier molecular flexibility index (Phi) is 3.61. The number of primary amides is 1. The third-order valence-electron chi connectivity index (χ3n) is 3.69. The van der Waals surface area contributed by atoms with Crippen molar-refractivity contribution in [2.24, 2.45) is 11.7 Å². The number of pyridine rings is 1. The van der Waals surface area contributed by atoms with E-state index in [4.69, 9.17) is 11.5 Å². The van der Waals surface area contributed by atoms with Crippen LogP contribution in [0.2, 0.25) is 0 Å². The van der Waals surface area contributed by atoms with Gasteiger partial charge in [-0.1, -0.05) is 6.92 Å². The minimum atomic E-state index is -0.530. The average Bonchev–Trinajstić information content (AvgIpc) is 2.71. The molecule has 0 aromatic carbocycles. The van der Waals surface area contributed by atoms with Crippen molar-refractivity contribution in [3.8, 4) is 0 Å². The fourth-order valence-corrected chi connectivity index (χ4v) is 2.64. The Morgan fingerprint density at radius 1 is 1.42 bits per heavy atom. The summed E-state index contributed by atoms with van der Waals surface area (Å²) < 4.78 is 0. The van der Waals surface area contributed by atoms with Gasteiger partial charge in [-0.05, 0) is 32.1 Å². The first kappa shape index (κ1) is 13.6. The van der Waals surface area contributed by atoms with Crippen molar-refractivity contribution in [3.63, 3.8) is 0 Å². The zero-order chi connectivity index (χ0) is 14.2. The third kappa shape index (κ3) is 2.63. The van der Waals surface area contributed by atoms with Crippen LogP contribution in [-0.4, -0.2) is 49.0 Å². The molecule has 1 fully saturated rings. The zero-order valence-electron chi connectivity index (χ0n) is 11.6. The summed E-state index contributed by atoms with van der Waals surface area (Å²) in [4.78, 5) is 19.8. The Morgan fingerprint density at radius 3 is 2.63 bits per heavy atom. The largest absolute Gasteiger partial charge is 0.396 e. The van der Waals surface area contributed by atoms with Crippen molar-refractivity contribution >= 4 is 17.4 Å². The lowest BCUT2D eigenvalue weighted by Crippen LogP contribution is -2.34. The maximum atomic E-state index is 11.2. The van der Waals surface area contributed by atoms with Gasteiger partial charge in [0.2, 0.25) is 0 Å². The van der Waals surface area contributed by atoms with Gasteiger partial charge in [0, 0.05) is 19.1 Å². The van der Waals surface area contributed by atoms with Gasteiger partial charge in [-0.25, -0.2) is 4.98 Å². The van der Waals surface area contributed by atoms with Crippen LogP contribution in [0.25, 0.3) is 0 Å². The number of likely N-dealkylation sites (N-methyl/N-ethyl adjacent to an activating group) is 1. The molecule has 2 rings (SSSR count). The first-order chi connectivity index (χ1) is 8.90. The van der Waals surface area contributed by atoms with Crippen LogP contribution in [0, 0.1) is 5.92 Å². The highest BCUT2D eigenvalue weighted by Gasteiger charge is 2.32. The molecule has 0 spiro atoms. The van der Waals surface area contributed by atoms with Gasteiger partial charge < -0.3 is 21.3 Å². The van der Waals surface area contributed by atoms with Crippen molar-refractivity contribution < 1.29 is 4.79 Å².